The van der Waals surface area contributed by atoms with Gasteiger partial charge < -0.3 is 14.4 Å². The van der Waals surface area contributed by atoms with Gasteiger partial charge in [0.05, 0.1) is 12.2 Å². The Bertz CT molecular complexity index is 737. The van der Waals surface area contributed by atoms with Gasteiger partial charge in [0.1, 0.15) is 5.69 Å². The summed E-state index contributed by atoms with van der Waals surface area (Å²) in [6.07, 6.45) is 0. The number of para-hydroxylation sites is 1. The zero-order valence-electron chi connectivity index (χ0n) is 13.9. The van der Waals surface area contributed by atoms with E-state index in [1.54, 1.807) is 11.7 Å². The van der Waals surface area contributed by atoms with Gasteiger partial charge in [-0.05, 0) is 32.9 Å². The number of carbonyl (C=O) groups excluding carboxylic acids is 1. The minimum absolute atomic E-state index is 0.0420. The Labute approximate surface area is 135 Å². The summed E-state index contributed by atoms with van der Waals surface area (Å²) >= 11 is 0. The molecule has 2 heterocycles. The molecule has 1 aliphatic rings. The van der Waals surface area contributed by atoms with Gasteiger partial charge in [0.15, 0.2) is 11.5 Å². The normalized spacial score (nSPS) is 12.7. The second-order valence-corrected chi connectivity index (χ2v) is 5.97. The van der Waals surface area contributed by atoms with Crippen molar-refractivity contribution in [1.29, 1.82) is 0 Å². The zero-order valence-corrected chi connectivity index (χ0v) is 13.9. The highest BCUT2D eigenvalue weighted by atomic mass is 16.7. The first-order chi connectivity index (χ1) is 11.0. The lowest BCUT2D eigenvalue weighted by molar-refractivity contribution is 0.0677. The predicted octanol–water partition coefficient (Wildman–Crippen LogP) is 2.51. The van der Waals surface area contributed by atoms with Crippen molar-refractivity contribution in [2.45, 2.75) is 33.4 Å². The van der Waals surface area contributed by atoms with E-state index in [0.717, 1.165) is 22.8 Å². The number of fused-ring (bicyclic) bond motifs is 1. The van der Waals surface area contributed by atoms with E-state index in [9.17, 15) is 4.79 Å². The summed E-state index contributed by atoms with van der Waals surface area (Å²) in [5.74, 6) is 1.42. The topological polar surface area (TPSA) is 56.6 Å². The third-order valence-electron chi connectivity index (χ3n) is 3.92. The largest absolute Gasteiger partial charge is 0.454 e. The Morgan fingerprint density at radius 3 is 2.83 bits per heavy atom. The van der Waals surface area contributed by atoms with Crippen molar-refractivity contribution in [2.75, 3.05) is 6.79 Å². The molecule has 6 nitrogen and oxygen atoms in total. The predicted molar refractivity (Wildman–Crippen MR) is 85.5 cm³/mol. The van der Waals surface area contributed by atoms with Crippen molar-refractivity contribution in [1.82, 2.24) is 14.7 Å². The lowest BCUT2D eigenvalue weighted by Gasteiger charge is -2.27. The van der Waals surface area contributed by atoms with Crippen molar-refractivity contribution in [3.8, 4) is 11.5 Å². The summed E-state index contributed by atoms with van der Waals surface area (Å²) < 4.78 is 12.6. The fourth-order valence-corrected chi connectivity index (χ4v) is 2.75. The number of benzene rings is 1. The summed E-state index contributed by atoms with van der Waals surface area (Å²) in [5, 5.41) is 4.26. The molecule has 0 atom stereocenters. The van der Waals surface area contributed by atoms with E-state index in [2.05, 4.69) is 5.10 Å². The summed E-state index contributed by atoms with van der Waals surface area (Å²) in [6.45, 7) is 6.57. The fraction of sp³-hybridized carbons (Fsp3) is 0.412. The summed E-state index contributed by atoms with van der Waals surface area (Å²) in [4.78, 5) is 14.7. The molecule has 0 radical (unpaired) electrons. The molecule has 1 amide bonds. The first-order valence-electron chi connectivity index (χ1n) is 7.66. The quantitative estimate of drug-likeness (QED) is 0.870. The van der Waals surface area contributed by atoms with Crippen molar-refractivity contribution < 1.29 is 14.3 Å². The van der Waals surface area contributed by atoms with Crippen LogP contribution in [-0.4, -0.2) is 33.4 Å². The smallest absolute Gasteiger partial charge is 0.272 e. The van der Waals surface area contributed by atoms with Crippen LogP contribution in [0.3, 0.4) is 0 Å². The van der Waals surface area contributed by atoms with Crippen LogP contribution in [0.2, 0.25) is 0 Å². The number of rotatable bonds is 4. The molecular formula is C17H21N3O3. The average molecular weight is 315 g/mol. The van der Waals surface area contributed by atoms with E-state index in [1.165, 1.54) is 0 Å². The zero-order chi connectivity index (χ0) is 16.6. The number of nitrogens with zero attached hydrogens (tertiary/aromatic N) is 3. The molecule has 3 rings (SSSR count). The Morgan fingerprint density at radius 1 is 1.39 bits per heavy atom. The summed E-state index contributed by atoms with van der Waals surface area (Å²) in [6, 6.07) is 7.62. The van der Waals surface area contributed by atoms with Gasteiger partial charge in [0, 0.05) is 18.7 Å². The van der Waals surface area contributed by atoms with Gasteiger partial charge in [-0.2, -0.15) is 5.10 Å². The third kappa shape index (κ3) is 2.88. The first kappa shape index (κ1) is 15.4. The second kappa shape index (κ2) is 5.95. The molecule has 0 N–H and O–H groups in total. The number of ether oxygens (including phenoxy) is 2. The molecular weight excluding hydrogens is 294 g/mol. The third-order valence-corrected chi connectivity index (χ3v) is 3.92. The van der Waals surface area contributed by atoms with Crippen LogP contribution in [0.4, 0.5) is 0 Å². The van der Waals surface area contributed by atoms with Gasteiger partial charge in [0.2, 0.25) is 6.79 Å². The van der Waals surface area contributed by atoms with Crippen LogP contribution < -0.4 is 9.47 Å². The lowest BCUT2D eigenvalue weighted by atomic mass is 10.1. The number of aryl methyl sites for hydroxylation is 2. The molecule has 0 fully saturated rings. The van der Waals surface area contributed by atoms with Crippen LogP contribution in [0.25, 0.3) is 0 Å². The highest BCUT2D eigenvalue weighted by Crippen LogP contribution is 2.36. The average Bonchev–Trinajstić information content (AvgIpc) is 3.10. The minimum atomic E-state index is -0.0420. The van der Waals surface area contributed by atoms with E-state index >= 15 is 0 Å². The highest BCUT2D eigenvalue weighted by molar-refractivity contribution is 5.93. The van der Waals surface area contributed by atoms with Crippen LogP contribution in [0.5, 0.6) is 11.5 Å². The monoisotopic (exact) mass is 315 g/mol. The van der Waals surface area contributed by atoms with E-state index in [4.69, 9.17) is 9.47 Å². The summed E-state index contributed by atoms with van der Waals surface area (Å²) in [5.41, 5.74) is 2.36. The van der Waals surface area contributed by atoms with Gasteiger partial charge in [0.25, 0.3) is 5.91 Å². The maximum absolute atomic E-state index is 12.9. The Morgan fingerprint density at radius 2 is 2.17 bits per heavy atom. The molecule has 1 aromatic heterocycles. The van der Waals surface area contributed by atoms with Crippen LogP contribution in [0, 0.1) is 6.92 Å². The van der Waals surface area contributed by atoms with Crippen molar-refractivity contribution in [3.63, 3.8) is 0 Å². The molecule has 1 aromatic carbocycles. The van der Waals surface area contributed by atoms with Crippen molar-refractivity contribution in [2.24, 2.45) is 7.05 Å². The molecule has 0 bridgehead atoms. The Balaban J connectivity index is 1.90. The molecule has 0 saturated carbocycles. The van der Waals surface area contributed by atoms with E-state index in [0.29, 0.717) is 12.2 Å². The second-order valence-electron chi connectivity index (χ2n) is 5.97. The van der Waals surface area contributed by atoms with Crippen LogP contribution in [0.1, 0.15) is 35.6 Å². The standard InChI is InChI=1S/C17H21N3O3/c1-11(2)20(17(21)14-8-12(3)18-19(14)4)9-13-6-5-7-15-16(13)23-10-22-15/h5-8,11H,9-10H2,1-4H3. The maximum atomic E-state index is 12.9. The van der Waals surface area contributed by atoms with E-state index in [-0.39, 0.29) is 18.7 Å². The number of aromatic nitrogens is 2. The molecule has 0 unspecified atom stereocenters. The molecule has 6 heteroatoms. The highest BCUT2D eigenvalue weighted by Gasteiger charge is 2.25. The Hall–Kier alpha value is -2.50. The van der Waals surface area contributed by atoms with Gasteiger partial charge in [-0.25, -0.2) is 0 Å². The van der Waals surface area contributed by atoms with Crippen LogP contribution >= 0.6 is 0 Å². The Kier molecular flexibility index (Phi) is 3.98. The number of hydrogen-bond donors (Lipinski definition) is 0. The molecule has 0 saturated heterocycles. The number of hydrogen-bond acceptors (Lipinski definition) is 4. The van der Waals surface area contributed by atoms with E-state index in [1.807, 2.05) is 49.9 Å². The molecule has 122 valence electrons. The fourth-order valence-electron chi connectivity index (χ4n) is 2.75. The first-order valence-corrected chi connectivity index (χ1v) is 7.66. The number of amides is 1. The molecule has 2 aromatic rings. The lowest BCUT2D eigenvalue weighted by Crippen LogP contribution is -2.37. The minimum Gasteiger partial charge on any atom is -0.454 e. The summed E-state index contributed by atoms with van der Waals surface area (Å²) in [7, 11) is 1.79. The van der Waals surface area contributed by atoms with Crippen molar-refractivity contribution >= 4 is 5.91 Å². The number of carbonyl (C=O) groups is 1. The van der Waals surface area contributed by atoms with Gasteiger partial charge in [-0.3, -0.25) is 9.48 Å². The molecule has 1 aliphatic heterocycles. The molecule has 0 aliphatic carbocycles. The van der Waals surface area contributed by atoms with E-state index < -0.39 is 0 Å². The molecule has 0 spiro atoms. The maximum Gasteiger partial charge on any atom is 0.272 e. The van der Waals surface area contributed by atoms with Gasteiger partial charge in [-0.1, -0.05) is 12.1 Å². The SMILES string of the molecule is Cc1cc(C(=O)N(Cc2cccc3c2OCO3)C(C)C)n(C)n1. The van der Waals surface area contributed by atoms with Crippen LogP contribution in [0.15, 0.2) is 24.3 Å². The van der Waals surface area contributed by atoms with Crippen molar-refractivity contribution in [3.05, 3.63) is 41.2 Å². The van der Waals surface area contributed by atoms with Gasteiger partial charge >= 0.3 is 0 Å². The molecule has 23 heavy (non-hydrogen) atoms. The van der Waals surface area contributed by atoms with Gasteiger partial charge in [-0.15, -0.1) is 0 Å². The van der Waals surface area contributed by atoms with Crippen LogP contribution in [-0.2, 0) is 13.6 Å².